The van der Waals surface area contributed by atoms with Crippen molar-refractivity contribution in [2.45, 2.75) is 31.7 Å². The van der Waals surface area contributed by atoms with Gasteiger partial charge in [-0.15, -0.1) is 0 Å². The van der Waals surface area contributed by atoms with Gasteiger partial charge in [0.15, 0.2) is 0 Å². The molecular formula is C18H19N5. The van der Waals surface area contributed by atoms with Gasteiger partial charge in [0.1, 0.15) is 5.82 Å². The van der Waals surface area contributed by atoms with Crippen molar-refractivity contribution in [3.05, 3.63) is 48.8 Å². The van der Waals surface area contributed by atoms with Crippen LogP contribution in [0.1, 0.15) is 25.7 Å². The fourth-order valence-corrected chi connectivity index (χ4v) is 3.07. The van der Waals surface area contributed by atoms with Gasteiger partial charge in [-0.1, -0.05) is 25.0 Å². The molecule has 1 fully saturated rings. The van der Waals surface area contributed by atoms with Crippen molar-refractivity contribution in [1.82, 2.24) is 15.0 Å². The van der Waals surface area contributed by atoms with Gasteiger partial charge in [-0.05, 0) is 37.1 Å². The quantitative estimate of drug-likeness (QED) is 0.759. The number of hydrogen-bond donors (Lipinski definition) is 2. The lowest BCUT2D eigenvalue weighted by Crippen LogP contribution is -2.16. The summed E-state index contributed by atoms with van der Waals surface area (Å²) < 4.78 is 0. The van der Waals surface area contributed by atoms with Crippen molar-refractivity contribution in [2.24, 2.45) is 0 Å². The van der Waals surface area contributed by atoms with Gasteiger partial charge in [-0.25, -0.2) is 4.98 Å². The summed E-state index contributed by atoms with van der Waals surface area (Å²) in [6, 6.07) is 12.5. The molecule has 0 atom stereocenters. The Morgan fingerprint density at radius 2 is 1.70 bits per heavy atom. The van der Waals surface area contributed by atoms with E-state index in [4.69, 9.17) is 4.98 Å². The molecule has 2 heterocycles. The molecule has 0 saturated heterocycles. The zero-order valence-electron chi connectivity index (χ0n) is 12.9. The van der Waals surface area contributed by atoms with Crippen molar-refractivity contribution in [2.75, 3.05) is 10.6 Å². The fraction of sp³-hybridized carbons (Fsp3) is 0.278. The second kappa shape index (κ2) is 6.20. The van der Waals surface area contributed by atoms with Crippen molar-refractivity contribution in [3.63, 3.8) is 0 Å². The first-order valence-electron chi connectivity index (χ1n) is 8.09. The summed E-state index contributed by atoms with van der Waals surface area (Å²) in [6.07, 6.45) is 8.52. The van der Waals surface area contributed by atoms with Crippen LogP contribution in [0.5, 0.6) is 0 Å². The van der Waals surface area contributed by atoms with Crippen LogP contribution in [0, 0.1) is 0 Å². The van der Waals surface area contributed by atoms with E-state index in [2.05, 4.69) is 26.7 Å². The van der Waals surface area contributed by atoms with E-state index >= 15 is 0 Å². The zero-order valence-corrected chi connectivity index (χ0v) is 12.9. The molecule has 3 aromatic rings. The first kappa shape index (κ1) is 13.9. The maximum absolute atomic E-state index is 4.71. The van der Waals surface area contributed by atoms with Crippen LogP contribution >= 0.6 is 0 Å². The number of nitrogens with one attached hydrogen (secondary N) is 2. The number of para-hydroxylation sites is 1. The highest BCUT2D eigenvalue weighted by Crippen LogP contribution is 2.27. The van der Waals surface area contributed by atoms with Gasteiger partial charge in [-0.2, -0.15) is 4.98 Å². The SMILES string of the molecule is c1ccc2c(NC3CCCC3)nc(Nc3ccncc3)nc2c1. The van der Waals surface area contributed by atoms with Crippen LogP contribution in [0.4, 0.5) is 17.5 Å². The van der Waals surface area contributed by atoms with E-state index in [1.807, 2.05) is 30.3 Å². The Kier molecular flexibility index (Phi) is 3.76. The van der Waals surface area contributed by atoms with Crippen molar-refractivity contribution in [3.8, 4) is 0 Å². The van der Waals surface area contributed by atoms with Gasteiger partial charge < -0.3 is 10.6 Å². The third-order valence-corrected chi connectivity index (χ3v) is 4.24. The van der Waals surface area contributed by atoms with Gasteiger partial charge in [-0.3, -0.25) is 4.98 Å². The van der Waals surface area contributed by atoms with Crippen LogP contribution in [0.3, 0.4) is 0 Å². The summed E-state index contributed by atoms with van der Waals surface area (Å²) in [5.74, 6) is 1.52. The molecule has 0 unspecified atom stereocenters. The normalized spacial score (nSPS) is 15.0. The number of pyridine rings is 1. The van der Waals surface area contributed by atoms with E-state index < -0.39 is 0 Å². The highest BCUT2D eigenvalue weighted by molar-refractivity contribution is 5.90. The summed E-state index contributed by atoms with van der Waals surface area (Å²) in [4.78, 5) is 13.4. The molecule has 4 rings (SSSR count). The van der Waals surface area contributed by atoms with Gasteiger partial charge in [0.25, 0.3) is 0 Å². The summed E-state index contributed by atoms with van der Waals surface area (Å²) >= 11 is 0. The van der Waals surface area contributed by atoms with Crippen LogP contribution in [0.2, 0.25) is 0 Å². The van der Waals surface area contributed by atoms with Gasteiger partial charge >= 0.3 is 0 Å². The minimum absolute atomic E-state index is 0.516. The van der Waals surface area contributed by atoms with Crippen LogP contribution in [-0.2, 0) is 0 Å². The molecule has 0 amide bonds. The first-order chi connectivity index (χ1) is 11.4. The first-order valence-corrected chi connectivity index (χ1v) is 8.09. The highest BCUT2D eigenvalue weighted by atomic mass is 15.2. The van der Waals surface area contributed by atoms with Gasteiger partial charge in [0.2, 0.25) is 5.95 Å². The van der Waals surface area contributed by atoms with E-state index in [1.165, 1.54) is 25.7 Å². The summed E-state index contributed by atoms with van der Waals surface area (Å²) in [7, 11) is 0. The monoisotopic (exact) mass is 305 g/mol. The van der Waals surface area contributed by atoms with Crippen molar-refractivity contribution >= 4 is 28.4 Å². The molecule has 23 heavy (non-hydrogen) atoms. The molecule has 5 nitrogen and oxygen atoms in total. The lowest BCUT2D eigenvalue weighted by atomic mass is 10.2. The lowest BCUT2D eigenvalue weighted by molar-refractivity contribution is 0.752. The van der Waals surface area contributed by atoms with Crippen LogP contribution < -0.4 is 10.6 Å². The minimum Gasteiger partial charge on any atom is -0.367 e. The fourth-order valence-electron chi connectivity index (χ4n) is 3.07. The molecular weight excluding hydrogens is 286 g/mol. The second-order valence-electron chi connectivity index (χ2n) is 5.90. The van der Waals surface area contributed by atoms with E-state index in [1.54, 1.807) is 12.4 Å². The van der Waals surface area contributed by atoms with Crippen LogP contribution in [0.25, 0.3) is 10.9 Å². The van der Waals surface area contributed by atoms with Gasteiger partial charge in [0, 0.05) is 29.5 Å². The second-order valence-corrected chi connectivity index (χ2v) is 5.90. The number of aromatic nitrogens is 3. The number of nitrogens with zero attached hydrogens (tertiary/aromatic N) is 3. The van der Waals surface area contributed by atoms with E-state index in [0.29, 0.717) is 12.0 Å². The predicted octanol–water partition coefficient (Wildman–Crippen LogP) is 4.12. The lowest BCUT2D eigenvalue weighted by Gasteiger charge is -2.16. The smallest absolute Gasteiger partial charge is 0.229 e. The Hall–Kier alpha value is -2.69. The molecule has 0 aliphatic heterocycles. The molecule has 116 valence electrons. The molecule has 1 aliphatic rings. The number of hydrogen-bond acceptors (Lipinski definition) is 5. The molecule has 1 aliphatic carbocycles. The molecule has 1 saturated carbocycles. The van der Waals surface area contributed by atoms with E-state index in [0.717, 1.165) is 22.4 Å². The van der Waals surface area contributed by atoms with Crippen LogP contribution in [-0.4, -0.2) is 21.0 Å². The number of fused-ring (bicyclic) bond motifs is 1. The summed E-state index contributed by atoms with van der Waals surface area (Å²) in [5, 5.41) is 7.93. The predicted molar refractivity (Wildman–Crippen MR) is 92.9 cm³/mol. The Labute approximate surface area is 135 Å². The molecule has 2 aromatic heterocycles. The third kappa shape index (κ3) is 3.08. The summed E-state index contributed by atoms with van der Waals surface area (Å²) in [6.45, 7) is 0. The summed E-state index contributed by atoms with van der Waals surface area (Å²) in [5.41, 5.74) is 1.88. The van der Waals surface area contributed by atoms with Crippen molar-refractivity contribution in [1.29, 1.82) is 0 Å². The average Bonchev–Trinajstić information content (AvgIpc) is 3.09. The number of benzene rings is 1. The minimum atomic E-state index is 0.516. The standard InChI is InChI=1S/C18H19N5/c1-2-6-13(5-1)20-17-15-7-3-4-8-16(15)22-18(23-17)21-14-9-11-19-12-10-14/h3-4,7-13H,1-2,5-6H2,(H2,19,20,21,22,23). The largest absolute Gasteiger partial charge is 0.367 e. The molecule has 0 spiro atoms. The molecule has 0 bridgehead atoms. The average molecular weight is 305 g/mol. The number of anilines is 3. The Morgan fingerprint density at radius 3 is 2.52 bits per heavy atom. The zero-order chi connectivity index (χ0) is 15.5. The molecule has 1 aromatic carbocycles. The molecule has 0 radical (unpaired) electrons. The Morgan fingerprint density at radius 1 is 0.913 bits per heavy atom. The Balaban J connectivity index is 1.70. The topological polar surface area (TPSA) is 62.7 Å². The maximum Gasteiger partial charge on any atom is 0.229 e. The maximum atomic E-state index is 4.71. The van der Waals surface area contributed by atoms with Gasteiger partial charge in [0.05, 0.1) is 5.52 Å². The van der Waals surface area contributed by atoms with Crippen molar-refractivity contribution < 1.29 is 0 Å². The highest BCUT2D eigenvalue weighted by Gasteiger charge is 2.17. The molecule has 2 N–H and O–H groups in total. The number of rotatable bonds is 4. The Bertz CT molecular complexity index is 797. The third-order valence-electron chi connectivity index (χ3n) is 4.24. The van der Waals surface area contributed by atoms with Crippen LogP contribution in [0.15, 0.2) is 48.8 Å². The van der Waals surface area contributed by atoms with E-state index in [9.17, 15) is 0 Å². The molecule has 5 heteroatoms. The van der Waals surface area contributed by atoms with E-state index in [-0.39, 0.29) is 0 Å².